The number of aliphatic hydroxyl groups excluding tert-OH is 1. The molecule has 0 aliphatic heterocycles. The van der Waals surface area contributed by atoms with Gasteiger partial charge in [-0.3, -0.25) is 0 Å². The normalized spacial score (nSPS) is 13.9. The van der Waals surface area contributed by atoms with E-state index in [-0.39, 0.29) is 0 Å². The molecule has 2 unspecified atom stereocenters. The van der Waals surface area contributed by atoms with E-state index >= 15 is 0 Å². The van der Waals surface area contributed by atoms with Crippen molar-refractivity contribution < 1.29 is 19.4 Å². The van der Waals surface area contributed by atoms with Gasteiger partial charge in [0, 0.05) is 5.92 Å². The predicted octanol–water partition coefficient (Wildman–Crippen LogP) is 2.60. The number of alkyl halides is 1. The topological polar surface area (TPSA) is 57.5 Å². The van der Waals surface area contributed by atoms with Crippen LogP contribution < -0.4 is 0 Å². The molecule has 0 saturated heterocycles. The van der Waals surface area contributed by atoms with Gasteiger partial charge in [0.25, 0.3) is 0 Å². The van der Waals surface area contributed by atoms with Crippen molar-refractivity contribution >= 4 is 5.97 Å². The molecule has 4 heteroatoms. The highest BCUT2D eigenvalue weighted by Crippen LogP contribution is 2.30. The van der Waals surface area contributed by atoms with Crippen molar-refractivity contribution in [3.8, 4) is 0 Å². The van der Waals surface area contributed by atoms with E-state index < -0.39 is 24.2 Å². The molecule has 0 fully saturated rings. The lowest BCUT2D eigenvalue weighted by molar-refractivity contribution is -0.147. The van der Waals surface area contributed by atoms with Crippen molar-refractivity contribution in [2.75, 3.05) is 0 Å². The first-order chi connectivity index (χ1) is 9.61. The van der Waals surface area contributed by atoms with Gasteiger partial charge in [0.2, 0.25) is 6.17 Å². The van der Waals surface area contributed by atoms with Crippen molar-refractivity contribution in [2.24, 2.45) is 0 Å². The van der Waals surface area contributed by atoms with Gasteiger partial charge in [-0.15, -0.1) is 0 Å². The van der Waals surface area contributed by atoms with Crippen LogP contribution in [0.5, 0.6) is 0 Å². The van der Waals surface area contributed by atoms with Gasteiger partial charge in [0.1, 0.15) is 6.10 Å². The second-order valence-electron chi connectivity index (χ2n) is 4.53. The lowest BCUT2D eigenvalue weighted by Crippen LogP contribution is -2.35. The molecule has 2 rings (SSSR count). The second-order valence-corrected chi connectivity index (χ2v) is 4.53. The van der Waals surface area contributed by atoms with Gasteiger partial charge in [0.05, 0.1) is 0 Å². The Morgan fingerprint density at radius 3 is 1.65 bits per heavy atom. The van der Waals surface area contributed by atoms with Crippen molar-refractivity contribution in [1.29, 1.82) is 0 Å². The molecule has 0 bridgehead atoms. The Hall–Kier alpha value is -2.20. The number of aliphatic hydroxyl groups is 1. The third kappa shape index (κ3) is 3.03. The van der Waals surface area contributed by atoms with Crippen molar-refractivity contribution in [3.05, 3.63) is 71.8 Å². The maximum Gasteiger partial charge on any atom is 0.341 e. The summed E-state index contributed by atoms with van der Waals surface area (Å²) >= 11 is 0. The maximum absolute atomic E-state index is 13.7. The van der Waals surface area contributed by atoms with Crippen LogP contribution in [0.25, 0.3) is 0 Å². The van der Waals surface area contributed by atoms with E-state index in [0.717, 1.165) is 0 Å². The molecule has 0 radical (unpaired) electrons. The number of aliphatic carboxylic acids is 1. The molecular weight excluding hydrogens is 259 g/mol. The van der Waals surface area contributed by atoms with Gasteiger partial charge in [-0.25, -0.2) is 9.18 Å². The van der Waals surface area contributed by atoms with E-state index in [1.54, 1.807) is 48.5 Å². The SMILES string of the molecule is O=C(O)C(F)C(O)C(c1ccccc1)c1ccccc1. The van der Waals surface area contributed by atoms with Gasteiger partial charge >= 0.3 is 5.97 Å². The maximum atomic E-state index is 13.7. The molecule has 20 heavy (non-hydrogen) atoms. The first kappa shape index (κ1) is 14.2. The van der Waals surface area contributed by atoms with Crippen LogP contribution in [0.4, 0.5) is 4.39 Å². The Kier molecular flexibility index (Phi) is 4.48. The summed E-state index contributed by atoms with van der Waals surface area (Å²) in [6.45, 7) is 0. The molecule has 0 amide bonds. The zero-order chi connectivity index (χ0) is 14.5. The van der Waals surface area contributed by atoms with E-state index in [1.807, 2.05) is 12.1 Å². The first-order valence-electron chi connectivity index (χ1n) is 6.26. The summed E-state index contributed by atoms with van der Waals surface area (Å²) in [5.41, 5.74) is 1.35. The van der Waals surface area contributed by atoms with Crippen LogP contribution in [0.3, 0.4) is 0 Å². The number of carboxylic acid groups (broad SMARTS) is 1. The standard InChI is InChI=1S/C16H15FO3/c17-14(16(19)20)15(18)13(11-7-3-1-4-8-11)12-9-5-2-6-10-12/h1-10,13-15,18H,(H,19,20). The molecule has 3 nitrogen and oxygen atoms in total. The molecule has 104 valence electrons. The van der Waals surface area contributed by atoms with E-state index in [2.05, 4.69) is 0 Å². The van der Waals surface area contributed by atoms with Gasteiger partial charge in [0.15, 0.2) is 0 Å². The fourth-order valence-electron chi connectivity index (χ4n) is 2.22. The van der Waals surface area contributed by atoms with Crippen LogP contribution in [-0.4, -0.2) is 28.5 Å². The number of rotatable bonds is 5. The summed E-state index contributed by atoms with van der Waals surface area (Å²) in [5, 5.41) is 18.9. The fourth-order valence-corrected chi connectivity index (χ4v) is 2.22. The Bertz CT molecular complexity index is 517. The van der Waals surface area contributed by atoms with E-state index in [9.17, 15) is 14.3 Å². The highest BCUT2D eigenvalue weighted by molar-refractivity contribution is 5.73. The Morgan fingerprint density at radius 2 is 1.30 bits per heavy atom. The van der Waals surface area contributed by atoms with Gasteiger partial charge < -0.3 is 10.2 Å². The number of halogens is 1. The minimum Gasteiger partial charge on any atom is -0.479 e. The van der Waals surface area contributed by atoms with Crippen molar-refractivity contribution in [2.45, 2.75) is 18.2 Å². The van der Waals surface area contributed by atoms with Crippen LogP contribution in [0.2, 0.25) is 0 Å². The average Bonchev–Trinajstić information content (AvgIpc) is 2.48. The third-order valence-corrected chi connectivity index (χ3v) is 3.19. The van der Waals surface area contributed by atoms with Gasteiger partial charge in [-0.1, -0.05) is 60.7 Å². The third-order valence-electron chi connectivity index (χ3n) is 3.19. The lowest BCUT2D eigenvalue weighted by atomic mass is 9.85. The number of hydrogen-bond acceptors (Lipinski definition) is 2. The molecule has 2 aromatic rings. The Labute approximate surface area is 116 Å². The molecule has 0 aliphatic rings. The summed E-state index contributed by atoms with van der Waals surface area (Å²) in [7, 11) is 0. The Balaban J connectivity index is 2.43. The molecule has 2 N–H and O–H groups in total. The molecule has 2 aromatic carbocycles. The monoisotopic (exact) mass is 274 g/mol. The van der Waals surface area contributed by atoms with E-state index in [1.165, 1.54) is 0 Å². The minimum atomic E-state index is -2.33. The minimum absolute atomic E-state index is 0.676. The average molecular weight is 274 g/mol. The molecule has 0 aromatic heterocycles. The van der Waals surface area contributed by atoms with E-state index in [0.29, 0.717) is 11.1 Å². The quantitative estimate of drug-likeness (QED) is 0.881. The highest BCUT2D eigenvalue weighted by Gasteiger charge is 2.34. The fraction of sp³-hybridized carbons (Fsp3) is 0.188. The van der Waals surface area contributed by atoms with Crippen LogP contribution in [0.15, 0.2) is 60.7 Å². The number of carboxylic acids is 1. The van der Waals surface area contributed by atoms with Crippen molar-refractivity contribution in [3.63, 3.8) is 0 Å². The number of benzene rings is 2. The second kappa shape index (κ2) is 6.30. The van der Waals surface area contributed by atoms with Crippen LogP contribution in [0, 0.1) is 0 Å². The van der Waals surface area contributed by atoms with E-state index in [4.69, 9.17) is 5.11 Å². The zero-order valence-corrected chi connectivity index (χ0v) is 10.7. The zero-order valence-electron chi connectivity index (χ0n) is 10.7. The molecular formula is C16H15FO3. The summed E-state index contributed by atoms with van der Waals surface area (Å²) in [6, 6.07) is 17.7. The summed E-state index contributed by atoms with van der Waals surface area (Å²) in [4.78, 5) is 10.8. The van der Waals surface area contributed by atoms with Crippen molar-refractivity contribution in [1.82, 2.24) is 0 Å². The molecule has 0 heterocycles. The number of hydrogen-bond donors (Lipinski definition) is 2. The number of carbonyl (C=O) groups is 1. The first-order valence-corrected chi connectivity index (χ1v) is 6.26. The molecule has 0 spiro atoms. The predicted molar refractivity (Wildman–Crippen MR) is 73.3 cm³/mol. The molecule has 0 aliphatic carbocycles. The van der Waals surface area contributed by atoms with Gasteiger partial charge in [-0.05, 0) is 11.1 Å². The summed E-state index contributed by atoms with van der Waals surface area (Å²) in [6.07, 6.45) is -3.97. The smallest absolute Gasteiger partial charge is 0.341 e. The van der Waals surface area contributed by atoms with Gasteiger partial charge in [-0.2, -0.15) is 0 Å². The lowest BCUT2D eigenvalue weighted by Gasteiger charge is -2.24. The Morgan fingerprint density at radius 1 is 0.900 bits per heavy atom. The summed E-state index contributed by atoms with van der Waals surface area (Å²) in [5.74, 6) is -2.38. The highest BCUT2D eigenvalue weighted by atomic mass is 19.1. The summed E-state index contributed by atoms with van der Waals surface area (Å²) < 4.78 is 13.7. The molecule has 0 saturated carbocycles. The van der Waals surface area contributed by atoms with Crippen LogP contribution in [0.1, 0.15) is 17.0 Å². The molecule has 2 atom stereocenters. The largest absolute Gasteiger partial charge is 0.479 e. The van der Waals surface area contributed by atoms with Crippen LogP contribution in [-0.2, 0) is 4.79 Å². The van der Waals surface area contributed by atoms with Crippen LogP contribution >= 0.6 is 0 Å².